The van der Waals surface area contributed by atoms with Gasteiger partial charge in [0.15, 0.2) is 0 Å². The van der Waals surface area contributed by atoms with Gasteiger partial charge < -0.3 is 20.9 Å². The molecular weight excluding hydrogens is 488 g/mol. The second-order valence-electron chi connectivity index (χ2n) is 6.77. The molecule has 34 heavy (non-hydrogen) atoms. The van der Waals surface area contributed by atoms with E-state index in [-0.39, 0.29) is 47.2 Å². The summed E-state index contributed by atoms with van der Waals surface area (Å²) in [5.74, 6) is -1.14. The van der Waals surface area contributed by atoms with Crippen LogP contribution in [0.2, 0.25) is 0 Å². The molecule has 0 heterocycles. The highest BCUT2D eigenvalue weighted by atomic mass is 33.1. The molecule has 2 atom stereocenters. The van der Waals surface area contributed by atoms with Gasteiger partial charge in [-0.2, -0.15) is 0 Å². The highest BCUT2D eigenvalue weighted by Crippen LogP contribution is 2.24. The second-order valence-corrected chi connectivity index (χ2v) is 9.32. The van der Waals surface area contributed by atoms with E-state index >= 15 is 0 Å². The summed E-state index contributed by atoms with van der Waals surface area (Å²) < 4.78 is 10.1. The van der Waals surface area contributed by atoms with E-state index in [0.717, 1.165) is 0 Å². The average molecular weight is 511 g/mol. The van der Waals surface area contributed by atoms with Crippen LogP contribution in [0.1, 0.15) is 11.1 Å². The van der Waals surface area contributed by atoms with Crippen molar-refractivity contribution in [1.29, 1.82) is 0 Å². The van der Waals surface area contributed by atoms with Crippen LogP contribution in [0.4, 0.5) is 11.4 Å². The molecular formula is C20H22N4O8S2. The van der Waals surface area contributed by atoms with Crippen molar-refractivity contribution < 1.29 is 28.9 Å². The van der Waals surface area contributed by atoms with E-state index in [9.17, 15) is 29.8 Å². The van der Waals surface area contributed by atoms with Gasteiger partial charge in [0.05, 0.1) is 21.0 Å². The number of nitrogens with zero attached hydrogens (tertiary/aromatic N) is 2. The minimum absolute atomic E-state index is 0.151. The predicted molar refractivity (Wildman–Crippen MR) is 127 cm³/mol. The molecule has 4 N–H and O–H groups in total. The smallest absolute Gasteiger partial charge is 0.324 e. The first-order valence-corrected chi connectivity index (χ1v) is 12.2. The SMILES string of the molecule is NC(CSSC[C@H](N)C(=O)OCc1ccccc1[N+](=O)[O-])C(=O)OCc1ccccc1[N+](=O)[O-]. The second kappa shape index (κ2) is 13.5. The number of hydrogen-bond acceptors (Lipinski definition) is 12. The lowest BCUT2D eigenvalue weighted by Crippen LogP contribution is -2.35. The van der Waals surface area contributed by atoms with Crippen LogP contribution in [0.25, 0.3) is 0 Å². The maximum absolute atomic E-state index is 12.0. The van der Waals surface area contributed by atoms with Gasteiger partial charge in [-0.3, -0.25) is 29.8 Å². The van der Waals surface area contributed by atoms with Gasteiger partial charge >= 0.3 is 11.9 Å². The van der Waals surface area contributed by atoms with Crippen LogP contribution in [0, 0.1) is 20.2 Å². The molecule has 12 nitrogen and oxygen atoms in total. The third kappa shape index (κ3) is 8.30. The molecule has 0 saturated carbocycles. The van der Waals surface area contributed by atoms with Crippen molar-refractivity contribution in [3.05, 3.63) is 79.9 Å². The standard InChI is InChI=1S/C20H22N4O8S2/c21-15(19(25)31-9-13-5-1-3-7-17(13)23(27)28)11-33-34-12-16(22)20(26)32-10-14-6-2-4-8-18(14)24(29)30/h1-8,15-16H,9-12,21-22H2/t15-,16?/m0/s1. The maximum Gasteiger partial charge on any atom is 0.324 e. The van der Waals surface area contributed by atoms with Gasteiger partial charge in [-0.25, -0.2) is 0 Å². The number of para-hydroxylation sites is 2. The molecule has 0 spiro atoms. The molecule has 1 unspecified atom stereocenters. The minimum Gasteiger partial charge on any atom is -0.459 e. The molecule has 0 aliphatic carbocycles. The number of nitrogens with two attached hydrogens (primary N) is 2. The van der Waals surface area contributed by atoms with Gasteiger partial charge in [0.1, 0.15) is 25.3 Å². The summed E-state index contributed by atoms with van der Waals surface area (Å²) in [7, 11) is 2.38. The number of nitro benzene ring substituents is 2. The van der Waals surface area contributed by atoms with E-state index < -0.39 is 33.9 Å². The summed E-state index contributed by atoms with van der Waals surface area (Å²) in [6, 6.07) is 9.83. The van der Waals surface area contributed by atoms with Crippen molar-refractivity contribution in [1.82, 2.24) is 0 Å². The Kier molecular flexibility index (Phi) is 10.7. The lowest BCUT2D eigenvalue weighted by atomic mass is 10.2. The largest absolute Gasteiger partial charge is 0.459 e. The van der Waals surface area contributed by atoms with Gasteiger partial charge in [-0.05, 0) is 12.1 Å². The number of hydrogen-bond donors (Lipinski definition) is 2. The number of carbonyl (C=O) groups excluding carboxylic acids is 2. The fraction of sp³-hybridized carbons (Fsp3) is 0.300. The van der Waals surface area contributed by atoms with Crippen molar-refractivity contribution in [2.45, 2.75) is 25.3 Å². The zero-order valence-electron chi connectivity index (χ0n) is 17.7. The van der Waals surface area contributed by atoms with Crippen LogP contribution in [-0.2, 0) is 32.3 Å². The van der Waals surface area contributed by atoms with Crippen molar-refractivity contribution in [2.24, 2.45) is 11.5 Å². The summed E-state index contributed by atoms with van der Waals surface area (Å²) in [6.07, 6.45) is 0. The van der Waals surface area contributed by atoms with Crippen molar-refractivity contribution in [2.75, 3.05) is 11.5 Å². The lowest BCUT2D eigenvalue weighted by Gasteiger charge is -2.13. The van der Waals surface area contributed by atoms with Crippen molar-refractivity contribution >= 4 is 44.9 Å². The molecule has 2 aromatic carbocycles. The Bertz CT molecular complexity index is 958. The van der Waals surface area contributed by atoms with Crippen molar-refractivity contribution in [3.8, 4) is 0 Å². The fourth-order valence-corrected chi connectivity index (χ4v) is 4.73. The first kappa shape index (κ1) is 27.0. The van der Waals surface area contributed by atoms with E-state index in [1.165, 1.54) is 58.0 Å². The molecule has 0 saturated heterocycles. The molecule has 182 valence electrons. The van der Waals surface area contributed by atoms with Gasteiger partial charge in [-0.1, -0.05) is 45.9 Å². The van der Waals surface area contributed by atoms with Crippen LogP contribution in [0.15, 0.2) is 48.5 Å². The Balaban J connectivity index is 1.69. The first-order valence-electron chi connectivity index (χ1n) is 9.74. The van der Waals surface area contributed by atoms with Gasteiger partial charge in [0, 0.05) is 23.6 Å². The molecule has 2 aromatic rings. The maximum atomic E-state index is 12.0. The first-order chi connectivity index (χ1) is 16.2. The van der Waals surface area contributed by atoms with Crippen LogP contribution in [-0.4, -0.2) is 45.4 Å². The van der Waals surface area contributed by atoms with Crippen LogP contribution in [0.5, 0.6) is 0 Å². The van der Waals surface area contributed by atoms with E-state index in [2.05, 4.69) is 0 Å². The third-order valence-electron chi connectivity index (χ3n) is 4.30. The topological polar surface area (TPSA) is 191 Å². The molecule has 2 rings (SSSR count). The zero-order valence-corrected chi connectivity index (χ0v) is 19.4. The Hall–Kier alpha value is -3.20. The Morgan fingerprint density at radius 2 is 1.12 bits per heavy atom. The van der Waals surface area contributed by atoms with Gasteiger partial charge in [0.25, 0.3) is 11.4 Å². The number of esters is 2. The summed E-state index contributed by atoms with van der Waals surface area (Å²) in [4.78, 5) is 45.0. The molecule has 0 radical (unpaired) electrons. The quantitative estimate of drug-likeness (QED) is 0.132. The highest BCUT2D eigenvalue weighted by molar-refractivity contribution is 8.76. The Morgan fingerprint density at radius 1 is 0.765 bits per heavy atom. The van der Waals surface area contributed by atoms with Crippen LogP contribution in [0.3, 0.4) is 0 Å². The van der Waals surface area contributed by atoms with E-state index in [0.29, 0.717) is 0 Å². The zero-order chi connectivity index (χ0) is 25.1. The number of benzene rings is 2. The summed E-state index contributed by atoms with van der Waals surface area (Å²) in [5.41, 5.74) is 11.8. The molecule has 0 aliphatic rings. The summed E-state index contributed by atoms with van der Waals surface area (Å²) in [6.45, 7) is -0.560. The Morgan fingerprint density at radius 3 is 1.47 bits per heavy atom. The average Bonchev–Trinajstić information content (AvgIpc) is 2.83. The molecule has 0 fully saturated rings. The number of rotatable bonds is 13. The van der Waals surface area contributed by atoms with Crippen LogP contribution < -0.4 is 11.5 Å². The van der Waals surface area contributed by atoms with Crippen LogP contribution >= 0.6 is 21.6 Å². The predicted octanol–water partition coefficient (Wildman–Crippen LogP) is 2.33. The van der Waals surface area contributed by atoms with E-state index in [1.807, 2.05) is 0 Å². The normalized spacial score (nSPS) is 12.4. The molecule has 14 heteroatoms. The molecule has 0 aromatic heterocycles. The summed E-state index contributed by atoms with van der Waals surface area (Å²) >= 11 is 0. The third-order valence-corrected chi connectivity index (χ3v) is 6.77. The molecule has 0 aliphatic heterocycles. The molecule has 0 bridgehead atoms. The Labute approximate surface area is 202 Å². The number of nitro groups is 2. The number of carbonyl (C=O) groups is 2. The molecule has 0 amide bonds. The fourth-order valence-electron chi connectivity index (χ4n) is 2.51. The van der Waals surface area contributed by atoms with Gasteiger partial charge in [0.2, 0.25) is 0 Å². The highest BCUT2D eigenvalue weighted by Gasteiger charge is 2.21. The monoisotopic (exact) mass is 510 g/mol. The minimum atomic E-state index is -0.984. The van der Waals surface area contributed by atoms with Gasteiger partial charge in [-0.15, -0.1) is 0 Å². The lowest BCUT2D eigenvalue weighted by molar-refractivity contribution is -0.386. The summed E-state index contributed by atoms with van der Waals surface area (Å²) in [5, 5.41) is 22.0. The number of ether oxygens (including phenoxy) is 2. The van der Waals surface area contributed by atoms with Crippen molar-refractivity contribution in [3.63, 3.8) is 0 Å². The van der Waals surface area contributed by atoms with E-state index in [4.69, 9.17) is 20.9 Å². The van der Waals surface area contributed by atoms with E-state index in [1.54, 1.807) is 12.1 Å².